The fraction of sp³-hybridized carbons (Fsp3) is 0.250. The summed E-state index contributed by atoms with van der Waals surface area (Å²) in [6.45, 7) is 3.95. The molecule has 0 radical (unpaired) electrons. The summed E-state index contributed by atoms with van der Waals surface area (Å²) in [5.74, 6) is 0.0129. The van der Waals surface area contributed by atoms with Crippen molar-refractivity contribution in [3.8, 4) is 0 Å². The summed E-state index contributed by atoms with van der Waals surface area (Å²) in [6, 6.07) is 5.65. The molecule has 3 heterocycles. The number of rotatable bonds is 3. The Balaban J connectivity index is 1.77. The van der Waals surface area contributed by atoms with Crippen molar-refractivity contribution in [2.24, 2.45) is 0 Å². The summed E-state index contributed by atoms with van der Waals surface area (Å²) in [7, 11) is 0. The van der Waals surface area contributed by atoms with Gasteiger partial charge in [0, 0.05) is 38.2 Å². The summed E-state index contributed by atoms with van der Waals surface area (Å²) >= 11 is 6.01. The normalized spacial score (nSPS) is 14.4. The number of carbonyl (C=O) groups is 1. The molecule has 3 rings (SSSR count). The van der Waals surface area contributed by atoms with Gasteiger partial charge in [-0.2, -0.15) is 0 Å². The Kier molecular flexibility index (Phi) is 3.80. The van der Waals surface area contributed by atoms with Crippen molar-refractivity contribution >= 4 is 23.1 Å². The highest BCUT2D eigenvalue weighted by Gasteiger charge is 2.24. The van der Waals surface area contributed by atoms with E-state index in [0.29, 0.717) is 23.8 Å². The fourth-order valence-corrected chi connectivity index (χ4v) is 2.77. The van der Waals surface area contributed by atoms with E-state index < -0.39 is 0 Å². The minimum absolute atomic E-state index is 0.0129. The van der Waals surface area contributed by atoms with Crippen LogP contribution in [0.25, 0.3) is 5.57 Å². The third-order valence-electron chi connectivity index (χ3n) is 3.66. The number of hydrogen-bond donors (Lipinski definition) is 0. The van der Waals surface area contributed by atoms with Gasteiger partial charge in [-0.1, -0.05) is 23.7 Å². The smallest absolute Gasteiger partial charge is 0.271 e. The third kappa shape index (κ3) is 2.72. The molecule has 0 saturated carbocycles. The third-order valence-corrected chi connectivity index (χ3v) is 3.87. The van der Waals surface area contributed by atoms with Gasteiger partial charge in [-0.25, -0.2) is 0 Å². The summed E-state index contributed by atoms with van der Waals surface area (Å²) < 4.78 is 1.88. The van der Waals surface area contributed by atoms with E-state index >= 15 is 0 Å². The van der Waals surface area contributed by atoms with Gasteiger partial charge < -0.3 is 9.47 Å². The van der Waals surface area contributed by atoms with E-state index in [1.165, 1.54) is 0 Å². The quantitative estimate of drug-likeness (QED) is 0.874. The first-order valence-corrected chi connectivity index (χ1v) is 7.31. The van der Waals surface area contributed by atoms with E-state index in [1.807, 2.05) is 34.7 Å². The summed E-state index contributed by atoms with van der Waals surface area (Å²) in [5, 5.41) is 0.597. The van der Waals surface area contributed by atoms with Crippen molar-refractivity contribution in [2.45, 2.75) is 13.5 Å². The first kappa shape index (κ1) is 13.9. The number of halogens is 1. The predicted molar refractivity (Wildman–Crippen MR) is 83.2 cm³/mol. The van der Waals surface area contributed by atoms with Crippen molar-refractivity contribution < 1.29 is 4.79 Å². The van der Waals surface area contributed by atoms with E-state index in [0.717, 1.165) is 17.7 Å². The van der Waals surface area contributed by atoms with Crippen LogP contribution in [0.15, 0.2) is 42.9 Å². The molecule has 0 bridgehead atoms. The summed E-state index contributed by atoms with van der Waals surface area (Å²) in [5.41, 5.74) is 2.84. The molecule has 5 heteroatoms. The number of carbonyl (C=O) groups excluding carboxylic acids is 1. The molecule has 4 nitrogen and oxygen atoms in total. The van der Waals surface area contributed by atoms with Crippen molar-refractivity contribution in [2.75, 3.05) is 13.1 Å². The van der Waals surface area contributed by atoms with Crippen LogP contribution in [0.2, 0.25) is 5.02 Å². The Morgan fingerprint density at radius 3 is 3.05 bits per heavy atom. The zero-order valence-electron chi connectivity index (χ0n) is 11.8. The van der Waals surface area contributed by atoms with E-state index in [9.17, 15) is 4.79 Å². The second-order valence-corrected chi connectivity index (χ2v) is 5.42. The lowest BCUT2D eigenvalue weighted by atomic mass is 10.1. The van der Waals surface area contributed by atoms with Crippen molar-refractivity contribution in [1.29, 1.82) is 0 Å². The molecule has 21 heavy (non-hydrogen) atoms. The van der Waals surface area contributed by atoms with Crippen LogP contribution >= 0.6 is 11.6 Å². The lowest BCUT2D eigenvalue weighted by molar-refractivity contribution is 0.0791. The maximum Gasteiger partial charge on any atom is 0.271 e. The molecule has 0 fully saturated rings. The molecular formula is C16H16ClN3O. The molecule has 108 valence electrons. The van der Waals surface area contributed by atoms with Gasteiger partial charge in [0.25, 0.3) is 5.91 Å². The number of pyridine rings is 1. The number of hydrogen-bond acceptors (Lipinski definition) is 2. The van der Waals surface area contributed by atoms with Crippen LogP contribution in [0.5, 0.6) is 0 Å². The number of aromatic nitrogens is 2. The summed E-state index contributed by atoms with van der Waals surface area (Å²) in [4.78, 5) is 18.6. The molecule has 0 spiro atoms. The predicted octanol–water partition coefficient (Wildman–Crippen LogP) is 3.10. The number of amides is 1. The van der Waals surface area contributed by atoms with Crippen LogP contribution < -0.4 is 0 Å². The van der Waals surface area contributed by atoms with E-state index in [4.69, 9.17) is 11.6 Å². The molecule has 1 aliphatic heterocycles. The molecule has 2 aromatic heterocycles. The molecule has 0 saturated heterocycles. The van der Waals surface area contributed by atoms with Gasteiger partial charge in [-0.3, -0.25) is 9.78 Å². The lowest BCUT2D eigenvalue weighted by Crippen LogP contribution is -2.30. The largest absolute Gasteiger partial charge is 0.342 e. The second kappa shape index (κ2) is 5.74. The van der Waals surface area contributed by atoms with Gasteiger partial charge in [-0.05, 0) is 30.2 Å². The van der Waals surface area contributed by atoms with Gasteiger partial charge >= 0.3 is 0 Å². The minimum Gasteiger partial charge on any atom is -0.342 e. The molecule has 0 aliphatic carbocycles. The van der Waals surface area contributed by atoms with Crippen LogP contribution in [0, 0.1) is 0 Å². The average Bonchev–Trinajstić information content (AvgIpc) is 3.14. The first-order valence-electron chi connectivity index (χ1n) is 6.93. The SMILES string of the molecule is CCn1cc(Cl)cc1C(=O)N1CC=C(c2cccnc2)C1. The molecule has 0 aromatic carbocycles. The molecule has 0 N–H and O–H groups in total. The van der Waals surface area contributed by atoms with Crippen LogP contribution in [0.4, 0.5) is 0 Å². The molecule has 2 aromatic rings. The minimum atomic E-state index is 0.0129. The topological polar surface area (TPSA) is 38.1 Å². The van der Waals surface area contributed by atoms with Crippen LogP contribution in [-0.2, 0) is 6.54 Å². The number of nitrogens with zero attached hydrogens (tertiary/aromatic N) is 3. The lowest BCUT2D eigenvalue weighted by Gasteiger charge is -2.17. The van der Waals surface area contributed by atoms with Gasteiger partial charge in [-0.15, -0.1) is 0 Å². The standard InChI is InChI=1S/C16H16ClN3O/c1-2-19-11-14(17)8-15(19)16(21)20-7-5-13(10-20)12-4-3-6-18-9-12/h3-6,8-9,11H,2,7,10H2,1H3. The Labute approximate surface area is 128 Å². The zero-order valence-corrected chi connectivity index (χ0v) is 12.5. The van der Waals surface area contributed by atoms with E-state index in [2.05, 4.69) is 11.1 Å². The number of aryl methyl sites for hydroxylation is 1. The van der Waals surface area contributed by atoms with Crippen LogP contribution in [0.1, 0.15) is 23.0 Å². The zero-order chi connectivity index (χ0) is 14.8. The molecule has 1 aliphatic rings. The van der Waals surface area contributed by atoms with Gasteiger partial charge in [0.2, 0.25) is 0 Å². The highest BCUT2D eigenvalue weighted by Crippen LogP contribution is 2.23. The monoisotopic (exact) mass is 301 g/mol. The van der Waals surface area contributed by atoms with Crippen LogP contribution in [0.3, 0.4) is 0 Å². The highest BCUT2D eigenvalue weighted by molar-refractivity contribution is 6.31. The molecular weight excluding hydrogens is 286 g/mol. The average molecular weight is 302 g/mol. The second-order valence-electron chi connectivity index (χ2n) is 4.99. The van der Waals surface area contributed by atoms with Crippen LogP contribution in [-0.4, -0.2) is 33.4 Å². The Bertz CT molecular complexity index is 691. The first-order chi connectivity index (χ1) is 10.2. The Morgan fingerprint density at radius 1 is 1.48 bits per heavy atom. The fourth-order valence-electron chi connectivity index (χ4n) is 2.55. The highest BCUT2D eigenvalue weighted by atomic mass is 35.5. The van der Waals surface area contributed by atoms with Crippen molar-refractivity contribution in [1.82, 2.24) is 14.5 Å². The van der Waals surface area contributed by atoms with Gasteiger partial charge in [0.1, 0.15) is 5.69 Å². The molecule has 0 unspecified atom stereocenters. The maximum atomic E-state index is 12.6. The molecule has 1 amide bonds. The Morgan fingerprint density at radius 2 is 2.33 bits per heavy atom. The van der Waals surface area contributed by atoms with E-state index in [1.54, 1.807) is 18.5 Å². The molecule has 0 atom stereocenters. The van der Waals surface area contributed by atoms with Crippen molar-refractivity contribution in [3.05, 3.63) is 59.1 Å². The Hall–Kier alpha value is -2.07. The van der Waals surface area contributed by atoms with E-state index in [-0.39, 0.29) is 5.91 Å². The van der Waals surface area contributed by atoms with Crippen molar-refractivity contribution in [3.63, 3.8) is 0 Å². The summed E-state index contributed by atoms with van der Waals surface area (Å²) in [6.07, 6.45) is 7.44. The van der Waals surface area contributed by atoms with Gasteiger partial charge in [0.15, 0.2) is 0 Å². The van der Waals surface area contributed by atoms with Gasteiger partial charge in [0.05, 0.1) is 5.02 Å². The maximum absolute atomic E-state index is 12.6.